The third-order valence-corrected chi connectivity index (χ3v) is 16.0. The van der Waals surface area contributed by atoms with E-state index in [1.807, 2.05) is 11.3 Å². The molecule has 0 saturated heterocycles. The van der Waals surface area contributed by atoms with Crippen molar-refractivity contribution in [2.75, 3.05) is 9.80 Å². The fourth-order valence-corrected chi connectivity index (χ4v) is 12.5. The molecule has 0 unspecified atom stereocenters. The molecule has 9 aromatic carbocycles. The van der Waals surface area contributed by atoms with Crippen LogP contribution < -0.4 is 25.5 Å². The van der Waals surface area contributed by atoms with Crippen LogP contribution >= 0.6 is 11.3 Å². The van der Waals surface area contributed by atoms with Crippen molar-refractivity contribution in [3.05, 3.63) is 186 Å². The Bertz CT molecular complexity index is 3530. The second kappa shape index (κ2) is 15.5. The lowest BCUT2D eigenvalue weighted by Crippen LogP contribution is -2.60. The van der Waals surface area contributed by atoms with Crippen molar-refractivity contribution >= 4 is 110 Å². The molecule has 0 bridgehead atoms. The van der Waals surface area contributed by atoms with E-state index >= 15 is 0 Å². The predicted molar refractivity (Wildman–Crippen MR) is 290 cm³/mol. The van der Waals surface area contributed by atoms with Gasteiger partial charge in [0.05, 0.1) is 11.4 Å². The van der Waals surface area contributed by atoms with Crippen LogP contribution in [0.5, 0.6) is 0 Å². The number of thiophene rings is 1. The van der Waals surface area contributed by atoms with E-state index in [2.05, 4.69) is 229 Å². The summed E-state index contributed by atoms with van der Waals surface area (Å²) in [7, 11) is 0. The number of fused-ring (bicyclic) bond motifs is 12. The van der Waals surface area contributed by atoms with Crippen LogP contribution in [0.3, 0.4) is 0 Å². The molecule has 2 aliphatic heterocycles. The Hall–Kier alpha value is -6.62. The van der Waals surface area contributed by atoms with Gasteiger partial charge in [0.2, 0.25) is 0 Å². The van der Waals surface area contributed by atoms with Crippen LogP contribution in [0, 0.1) is 0 Å². The second-order valence-electron chi connectivity index (χ2n) is 20.0. The van der Waals surface area contributed by atoms with E-state index in [1.165, 1.54) is 126 Å². The van der Waals surface area contributed by atoms with Gasteiger partial charge in [0.1, 0.15) is 0 Å². The fraction of sp³-hybridized carbons (Fsp3) is 0.194. The van der Waals surface area contributed by atoms with Crippen molar-refractivity contribution in [2.45, 2.75) is 79.1 Å². The Morgan fingerprint density at radius 2 is 0.909 bits per heavy atom. The minimum absolute atomic E-state index is 0.0634. The van der Waals surface area contributed by atoms with Crippen molar-refractivity contribution in [3.63, 3.8) is 0 Å². The molecule has 2 nitrogen and oxygen atoms in total. The first-order chi connectivity index (χ1) is 32.1. The van der Waals surface area contributed by atoms with Gasteiger partial charge >= 0.3 is 0 Å². The first-order valence-corrected chi connectivity index (χ1v) is 24.9. The summed E-state index contributed by atoms with van der Waals surface area (Å²) in [5, 5.41) is 9.11. The molecule has 10 aromatic rings. The zero-order valence-electron chi connectivity index (χ0n) is 39.3. The van der Waals surface area contributed by atoms with Gasteiger partial charge < -0.3 is 9.80 Å². The molecular formula is C62H55BN2S. The van der Waals surface area contributed by atoms with Crippen LogP contribution in [-0.4, -0.2) is 6.71 Å². The minimum atomic E-state index is 0.0634. The molecule has 12 rings (SSSR count). The maximum absolute atomic E-state index is 2.63. The molecule has 0 amide bonds. The monoisotopic (exact) mass is 870 g/mol. The largest absolute Gasteiger partial charge is 0.311 e. The number of hydrogen-bond donors (Lipinski definition) is 0. The number of anilines is 6. The van der Waals surface area contributed by atoms with Crippen molar-refractivity contribution in [1.29, 1.82) is 0 Å². The topological polar surface area (TPSA) is 6.48 Å². The molecule has 0 radical (unpaired) electrons. The van der Waals surface area contributed by atoms with Gasteiger partial charge in [-0.25, -0.2) is 0 Å². The summed E-state index contributed by atoms with van der Waals surface area (Å²) in [5.74, 6) is 1.63. The summed E-state index contributed by atoms with van der Waals surface area (Å²) in [4.78, 5) is 5.24. The van der Waals surface area contributed by atoms with Crippen molar-refractivity contribution in [1.82, 2.24) is 0 Å². The third kappa shape index (κ3) is 6.14. The molecule has 322 valence electrons. The Morgan fingerprint density at radius 1 is 0.394 bits per heavy atom. The van der Waals surface area contributed by atoms with Crippen LogP contribution in [0.15, 0.2) is 164 Å². The van der Waals surface area contributed by atoms with Gasteiger partial charge in [-0.2, -0.15) is 0 Å². The van der Waals surface area contributed by atoms with Crippen molar-refractivity contribution in [2.24, 2.45) is 0 Å². The molecule has 1 aromatic heterocycles. The van der Waals surface area contributed by atoms with E-state index in [0.717, 1.165) is 0 Å². The molecule has 0 atom stereocenters. The van der Waals surface area contributed by atoms with Gasteiger partial charge in [0, 0.05) is 43.2 Å². The van der Waals surface area contributed by atoms with Crippen LogP contribution in [0.4, 0.5) is 34.1 Å². The summed E-state index contributed by atoms with van der Waals surface area (Å²) >= 11 is 1.99. The van der Waals surface area contributed by atoms with E-state index in [0.29, 0.717) is 23.7 Å². The van der Waals surface area contributed by atoms with Crippen LogP contribution in [0.2, 0.25) is 0 Å². The molecule has 0 N–H and O–H groups in total. The van der Waals surface area contributed by atoms with E-state index in [4.69, 9.17) is 0 Å². The van der Waals surface area contributed by atoms with Crippen molar-refractivity contribution < 1.29 is 0 Å². The highest BCUT2D eigenvalue weighted by molar-refractivity contribution is 7.33. The highest BCUT2D eigenvalue weighted by atomic mass is 32.1. The van der Waals surface area contributed by atoms with Gasteiger partial charge in [-0.15, -0.1) is 11.3 Å². The molecular weight excluding hydrogens is 816 g/mol. The minimum Gasteiger partial charge on any atom is -0.311 e. The predicted octanol–water partition coefficient (Wildman–Crippen LogP) is 16.6. The van der Waals surface area contributed by atoms with E-state index in [-0.39, 0.29) is 6.71 Å². The fourth-order valence-electron chi connectivity index (χ4n) is 11.2. The normalized spacial score (nSPS) is 13.3. The van der Waals surface area contributed by atoms with Crippen LogP contribution in [0.25, 0.3) is 53.5 Å². The summed E-state index contributed by atoms with van der Waals surface area (Å²) < 4.78 is 2.76. The lowest BCUT2D eigenvalue weighted by Gasteiger charge is -2.43. The van der Waals surface area contributed by atoms with E-state index in [1.54, 1.807) is 0 Å². The average Bonchev–Trinajstić information content (AvgIpc) is 3.72. The average molecular weight is 871 g/mol. The zero-order valence-corrected chi connectivity index (χ0v) is 40.1. The number of rotatable bonds is 7. The third-order valence-electron chi connectivity index (χ3n) is 14.8. The Labute approximate surface area is 394 Å². The van der Waals surface area contributed by atoms with Gasteiger partial charge in [-0.3, -0.25) is 0 Å². The molecule has 0 fully saturated rings. The van der Waals surface area contributed by atoms with E-state index in [9.17, 15) is 0 Å². The number of nitrogens with zero attached hydrogens (tertiary/aromatic N) is 2. The van der Waals surface area contributed by atoms with Gasteiger partial charge in [-0.1, -0.05) is 165 Å². The van der Waals surface area contributed by atoms with Gasteiger partial charge in [0.15, 0.2) is 0 Å². The maximum Gasteiger partial charge on any atom is 0.264 e. The van der Waals surface area contributed by atoms with Crippen LogP contribution in [-0.2, 0) is 0 Å². The van der Waals surface area contributed by atoms with E-state index < -0.39 is 0 Å². The standard InChI is InChI=1S/C62H55BN2S/c1-36(2)40-23-28-44(29-24-40)64-56-21-14-22-57-60(56)63(62-61(64)52-34-42(38(5)6)27-32-58(52)66-62)53-35-43(39(7)8)26-31-55(53)65(57)54-30-25-41(37(3)4)33-51(54)50-20-13-19-49-47-16-10-9-15-45(47)46-17-11-12-18-48(46)59(49)50/h9-39H,1-8H3. The first-order valence-electron chi connectivity index (χ1n) is 24.1. The summed E-state index contributed by atoms with van der Waals surface area (Å²) in [6, 6.07) is 63.4. The maximum atomic E-state index is 2.63. The Morgan fingerprint density at radius 3 is 1.56 bits per heavy atom. The quantitative estimate of drug-likeness (QED) is 0.116. The zero-order chi connectivity index (χ0) is 45.1. The summed E-state index contributed by atoms with van der Waals surface area (Å²) in [5.41, 5.74) is 18.2. The van der Waals surface area contributed by atoms with Crippen molar-refractivity contribution in [3.8, 4) is 11.1 Å². The van der Waals surface area contributed by atoms with Crippen LogP contribution in [0.1, 0.15) is 101 Å². The summed E-state index contributed by atoms with van der Waals surface area (Å²) in [6.07, 6.45) is 0. The second-order valence-corrected chi connectivity index (χ2v) is 21.1. The number of hydrogen-bond acceptors (Lipinski definition) is 3. The molecule has 3 heterocycles. The lowest BCUT2D eigenvalue weighted by atomic mass is 9.36. The van der Waals surface area contributed by atoms with Gasteiger partial charge in [0.25, 0.3) is 6.71 Å². The molecule has 4 heteroatoms. The summed E-state index contributed by atoms with van der Waals surface area (Å²) in [6.45, 7) is 18.6. The molecule has 0 spiro atoms. The smallest absolute Gasteiger partial charge is 0.264 e. The molecule has 0 saturated carbocycles. The highest BCUT2D eigenvalue weighted by Crippen LogP contribution is 2.51. The SMILES string of the molecule is CC(C)c1ccc(N2c3cccc4c3B(c3cc(C(C)C)ccc3N4c3ccc(C(C)C)cc3-c3cccc4c5ccccc5c5ccccc5c34)c3sc4ccc(C(C)C)cc4c32)cc1. The lowest BCUT2D eigenvalue weighted by molar-refractivity contribution is 0.866. The highest BCUT2D eigenvalue weighted by Gasteiger charge is 2.45. The Balaban J connectivity index is 1.18. The molecule has 0 aliphatic carbocycles. The Kier molecular flexibility index (Phi) is 9.59. The molecule has 2 aliphatic rings. The number of benzene rings is 9. The first kappa shape index (κ1) is 40.9. The molecule has 66 heavy (non-hydrogen) atoms. The van der Waals surface area contributed by atoms with Gasteiger partial charge in [-0.05, 0) is 149 Å².